The van der Waals surface area contributed by atoms with Crippen LogP contribution in [0.25, 0.3) is 5.57 Å². The third kappa shape index (κ3) is 5.23. The highest BCUT2D eigenvalue weighted by molar-refractivity contribution is 7.25. The molecule has 0 radical (unpaired) electrons. The highest BCUT2D eigenvalue weighted by Gasteiger charge is 2.49. The molecule has 0 saturated carbocycles. The molecule has 0 aromatic heterocycles. The lowest BCUT2D eigenvalue weighted by Crippen LogP contribution is -2.70. The third-order valence-electron chi connectivity index (χ3n) is 8.25. The maximum absolute atomic E-state index is 13.1. The molecule has 198 valence electrons. The first-order chi connectivity index (χ1) is 19.5. The Hall–Kier alpha value is -4.06. The lowest BCUT2D eigenvalue weighted by atomic mass is 10.0. The van der Waals surface area contributed by atoms with Gasteiger partial charge in [-0.1, -0.05) is 190 Å². The molecule has 5 aromatic carbocycles. The monoisotopic (exact) mass is 552 g/mol. The van der Waals surface area contributed by atoms with Gasteiger partial charge in [0.1, 0.15) is 21.9 Å². The summed E-state index contributed by atoms with van der Waals surface area (Å²) < 4.78 is 0. The van der Waals surface area contributed by atoms with Crippen molar-refractivity contribution in [2.75, 3.05) is 0 Å². The van der Waals surface area contributed by atoms with Gasteiger partial charge in [-0.2, -0.15) is 0 Å². The second-order valence-corrected chi connectivity index (χ2v) is 19.1. The molecule has 0 aliphatic heterocycles. The second-order valence-electron chi connectivity index (χ2n) is 10.8. The smallest absolute Gasteiger partial charge is 0.138 e. The Labute approximate surface area is 240 Å². The maximum Gasteiger partial charge on any atom is 0.138 e. The van der Waals surface area contributed by atoms with Crippen LogP contribution in [0.15, 0.2) is 156 Å². The van der Waals surface area contributed by atoms with Crippen molar-refractivity contribution in [1.82, 2.24) is 0 Å². The molecular formula is C37H36OSi2. The first-order valence-electron chi connectivity index (χ1n) is 14.0. The van der Waals surface area contributed by atoms with Crippen LogP contribution in [0, 0.1) is 0 Å². The van der Waals surface area contributed by atoms with Gasteiger partial charge in [-0.25, -0.2) is 0 Å². The van der Waals surface area contributed by atoms with E-state index in [0.29, 0.717) is 6.42 Å². The predicted octanol–water partition coefficient (Wildman–Crippen LogP) is 6.28. The van der Waals surface area contributed by atoms with E-state index in [1.807, 2.05) is 0 Å². The highest BCUT2D eigenvalue weighted by atomic mass is 28.4. The Bertz CT molecular complexity index is 1410. The maximum atomic E-state index is 13.1. The number of ketones is 1. The van der Waals surface area contributed by atoms with E-state index in [9.17, 15) is 4.79 Å². The summed E-state index contributed by atoms with van der Waals surface area (Å²) in [6.45, 7) is 6.74. The van der Waals surface area contributed by atoms with Gasteiger partial charge in [0, 0.05) is 6.42 Å². The second kappa shape index (κ2) is 12.0. The van der Waals surface area contributed by atoms with Crippen molar-refractivity contribution < 1.29 is 4.79 Å². The van der Waals surface area contributed by atoms with Crippen molar-refractivity contribution in [1.29, 1.82) is 0 Å². The van der Waals surface area contributed by atoms with Crippen LogP contribution in [0.4, 0.5) is 0 Å². The predicted molar refractivity (Wildman–Crippen MR) is 176 cm³/mol. The lowest BCUT2D eigenvalue weighted by Gasteiger charge is -2.44. The average molecular weight is 553 g/mol. The first kappa shape index (κ1) is 27.5. The van der Waals surface area contributed by atoms with Gasteiger partial charge in [-0.05, 0) is 18.1 Å². The molecule has 0 N–H and O–H groups in total. The normalized spacial score (nSPS) is 11.6. The summed E-state index contributed by atoms with van der Waals surface area (Å²) in [5, 5.41) is 5.44. The number of allylic oxidation sites excluding steroid dienone is 1. The molecule has 0 bridgehead atoms. The highest BCUT2D eigenvalue weighted by Crippen LogP contribution is 2.35. The van der Waals surface area contributed by atoms with Crippen LogP contribution < -0.4 is 20.7 Å². The summed E-state index contributed by atoms with van der Waals surface area (Å²) in [7, 11) is -5.31. The summed E-state index contributed by atoms with van der Waals surface area (Å²) in [4.78, 5) is 14.6. The van der Waals surface area contributed by atoms with Crippen LogP contribution in [-0.4, -0.2) is 21.9 Å². The van der Waals surface area contributed by atoms with Crippen LogP contribution in [-0.2, 0) is 4.79 Å². The van der Waals surface area contributed by atoms with Gasteiger partial charge in [0.15, 0.2) is 0 Å². The number of benzene rings is 5. The Balaban J connectivity index is 2.03. The number of rotatable bonds is 9. The summed E-state index contributed by atoms with van der Waals surface area (Å²) in [6, 6.07) is 54.8. The molecule has 0 amide bonds. The molecular weight excluding hydrogens is 517 g/mol. The van der Waals surface area contributed by atoms with Crippen molar-refractivity contribution in [3.63, 3.8) is 0 Å². The number of Topliss-reactive ketones (excluding diaryl/α,β-unsaturated/α-hetero) is 1. The Morgan fingerprint density at radius 3 is 1.02 bits per heavy atom. The summed E-state index contributed by atoms with van der Waals surface area (Å²) >= 11 is 0. The number of hydrogen-bond donors (Lipinski definition) is 0. The summed E-state index contributed by atoms with van der Waals surface area (Å²) in [5.41, 5.74) is 2.33. The molecule has 0 aliphatic carbocycles. The molecule has 0 spiro atoms. The van der Waals surface area contributed by atoms with Gasteiger partial charge in [0.25, 0.3) is 0 Å². The topological polar surface area (TPSA) is 17.1 Å². The molecule has 5 aromatic rings. The van der Waals surface area contributed by atoms with Crippen molar-refractivity contribution in [2.45, 2.75) is 26.4 Å². The molecule has 40 heavy (non-hydrogen) atoms. The molecule has 0 unspecified atom stereocenters. The minimum absolute atomic E-state index is 0.186. The molecule has 0 atom stereocenters. The largest absolute Gasteiger partial charge is 0.300 e. The van der Waals surface area contributed by atoms with Crippen LogP contribution in [0.5, 0.6) is 0 Å². The fourth-order valence-electron chi connectivity index (χ4n) is 6.32. The van der Waals surface area contributed by atoms with E-state index in [1.165, 1.54) is 31.1 Å². The van der Waals surface area contributed by atoms with Crippen LogP contribution in [0.1, 0.15) is 18.9 Å². The van der Waals surface area contributed by atoms with Crippen LogP contribution in [0.3, 0.4) is 0 Å². The van der Waals surface area contributed by atoms with Crippen molar-refractivity contribution >= 4 is 48.3 Å². The Morgan fingerprint density at radius 2 is 0.750 bits per heavy atom. The van der Waals surface area contributed by atoms with E-state index < -0.39 is 16.1 Å². The van der Waals surface area contributed by atoms with Gasteiger partial charge < -0.3 is 0 Å². The minimum Gasteiger partial charge on any atom is -0.300 e. The van der Waals surface area contributed by atoms with Crippen molar-refractivity contribution in [3.05, 3.63) is 162 Å². The number of hydrogen-bond acceptors (Lipinski definition) is 1. The van der Waals surface area contributed by atoms with E-state index >= 15 is 0 Å². The Kier molecular flexibility index (Phi) is 8.25. The van der Waals surface area contributed by atoms with E-state index in [-0.39, 0.29) is 5.78 Å². The van der Waals surface area contributed by atoms with Crippen molar-refractivity contribution in [2.24, 2.45) is 0 Å². The molecule has 0 saturated heterocycles. The minimum atomic E-state index is -2.66. The van der Waals surface area contributed by atoms with E-state index in [0.717, 1.165) is 5.56 Å². The van der Waals surface area contributed by atoms with Gasteiger partial charge >= 0.3 is 0 Å². The van der Waals surface area contributed by atoms with Crippen LogP contribution in [0.2, 0.25) is 13.1 Å². The first-order valence-corrected chi connectivity index (χ1v) is 19.0. The zero-order chi connectivity index (χ0) is 28.0. The van der Waals surface area contributed by atoms with Gasteiger partial charge in [-0.3, -0.25) is 4.79 Å². The zero-order valence-electron chi connectivity index (χ0n) is 23.5. The summed E-state index contributed by atoms with van der Waals surface area (Å²) in [5.74, 6) is 0.186. The standard InChI is InChI=1S/C37H36OSi2/c1-30(38)29-36(31-19-9-4-10-20-31)37(39(2,32-21-11-5-12-22-32)33-23-13-6-14-24-33)40(3,34-25-15-7-16-26-34)35-27-17-8-18-28-35/h4-28H,29H2,1-3H3. The van der Waals surface area contributed by atoms with Gasteiger partial charge in [-0.15, -0.1) is 0 Å². The fourth-order valence-corrected chi connectivity index (χ4v) is 19.0. The number of carbonyl (C=O) groups is 1. The fraction of sp³-hybridized carbons (Fsp3) is 0.108. The SMILES string of the molecule is CC(=O)CC(=C([Si](C)(c1ccccc1)c1ccccc1)[Si](C)(c1ccccc1)c1ccccc1)c1ccccc1. The van der Waals surface area contributed by atoms with Crippen molar-refractivity contribution in [3.8, 4) is 0 Å². The third-order valence-corrected chi connectivity index (χ3v) is 19.8. The zero-order valence-corrected chi connectivity index (χ0v) is 25.5. The lowest BCUT2D eigenvalue weighted by molar-refractivity contribution is -0.116. The van der Waals surface area contributed by atoms with Gasteiger partial charge in [0.05, 0.1) is 0 Å². The van der Waals surface area contributed by atoms with Crippen LogP contribution >= 0.6 is 0 Å². The molecule has 0 aliphatic rings. The quantitative estimate of drug-likeness (QED) is 0.197. The molecule has 0 fully saturated rings. The molecule has 0 heterocycles. The molecule has 5 rings (SSSR count). The van der Waals surface area contributed by atoms with E-state index in [2.05, 4.69) is 165 Å². The molecule has 1 nitrogen and oxygen atoms in total. The number of carbonyl (C=O) groups excluding carboxylic acids is 1. The van der Waals surface area contributed by atoms with Gasteiger partial charge in [0.2, 0.25) is 0 Å². The van der Waals surface area contributed by atoms with E-state index in [4.69, 9.17) is 0 Å². The average Bonchev–Trinajstić information content (AvgIpc) is 3.02. The Morgan fingerprint density at radius 1 is 0.475 bits per heavy atom. The summed E-state index contributed by atoms with van der Waals surface area (Å²) in [6.07, 6.45) is 0.407. The van der Waals surface area contributed by atoms with E-state index in [1.54, 1.807) is 6.92 Å². The molecule has 3 heteroatoms.